The van der Waals surface area contributed by atoms with Gasteiger partial charge in [-0.2, -0.15) is 5.10 Å². The number of piperidine rings is 1. The number of allylic oxidation sites excluding steroid dienone is 1. The lowest BCUT2D eigenvalue weighted by Gasteiger charge is -2.35. The lowest BCUT2D eigenvalue weighted by Crippen LogP contribution is -2.37. The molecule has 0 bridgehead atoms. The monoisotopic (exact) mass is 499 g/mol. The number of halogens is 1. The number of aromatic nitrogens is 4. The molecule has 0 aliphatic carbocycles. The van der Waals surface area contributed by atoms with Gasteiger partial charge in [-0.15, -0.1) is 0 Å². The molecule has 0 radical (unpaired) electrons. The van der Waals surface area contributed by atoms with Crippen molar-refractivity contribution >= 4 is 34.2 Å². The third-order valence-corrected chi connectivity index (χ3v) is 6.57. The first-order chi connectivity index (χ1) is 17.8. The number of hydrogen-bond donors (Lipinski definition) is 2. The number of nitrogens with zero attached hydrogens (tertiary/aromatic N) is 5. The largest absolute Gasteiger partial charge is 0.383 e. The molecule has 3 aromatic heterocycles. The van der Waals surface area contributed by atoms with Crippen LogP contribution < -0.4 is 11.1 Å². The zero-order valence-corrected chi connectivity index (χ0v) is 20.3. The Labute approximate surface area is 212 Å². The normalized spacial score (nSPS) is 15.5. The molecule has 1 aromatic carbocycles. The van der Waals surface area contributed by atoms with Crippen molar-refractivity contribution in [2.75, 3.05) is 24.1 Å². The molecular formula is C27H26FN7O2. The maximum atomic E-state index is 15.4. The van der Waals surface area contributed by atoms with Gasteiger partial charge in [0.2, 0.25) is 0 Å². The highest BCUT2D eigenvalue weighted by Gasteiger charge is 2.28. The lowest BCUT2D eigenvalue weighted by atomic mass is 10.0. The number of pyridine rings is 2. The van der Waals surface area contributed by atoms with E-state index in [0.717, 1.165) is 24.9 Å². The molecule has 10 heteroatoms. The summed E-state index contributed by atoms with van der Waals surface area (Å²) in [6, 6.07) is 11.1. The number of anilines is 2. The standard InChI is InChI=1S/C27H26FN7O2/c1-16(17(2)36)34-13-5-6-19(15-34)35-22-10-12-31-26(29)24(22)25(33-35)20-9-8-18(14-21(20)28)27(37)32-23-7-3-4-11-30-23/h3-4,7-12,14,19H,1,5-6,13,15H2,2H3,(H2,29,31)(H,30,32,37)/t19-/m1/s1. The van der Waals surface area contributed by atoms with Crippen LogP contribution in [0.15, 0.2) is 67.1 Å². The van der Waals surface area contributed by atoms with E-state index >= 15 is 4.39 Å². The zero-order valence-electron chi connectivity index (χ0n) is 20.3. The Kier molecular flexibility index (Phi) is 6.39. The minimum absolute atomic E-state index is 0.0746. The molecule has 4 aromatic rings. The molecule has 37 heavy (non-hydrogen) atoms. The molecule has 1 atom stereocenters. The minimum Gasteiger partial charge on any atom is -0.383 e. The van der Waals surface area contributed by atoms with Gasteiger partial charge in [-0.3, -0.25) is 14.3 Å². The molecule has 0 unspecified atom stereocenters. The maximum absolute atomic E-state index is 15.4. The van der Waals surface area contributed by atoms with Gasteiger partial charge >= 0.3 is 0 Å². The van der Waals surface area contributed by atoms with Crippen LogP contribution in [0.5, 0.6) is 0 Å². The number of nitrogen functional groups attached to an aromatic ring is 1. The Morgan fingerprint density at radius 2 is 2.00 bits per heavy atom. The molecule has 4 heterocycles. The fraction of sp³-hybridized carbons (Fsp3) is 0.222. The van der Waals surface area contributed by atoms with Crippen molar-refractivity contribution in [3.63, 3.8) is 0 Å². The number of likely N-dealkylation sites (tertiary alicyclic amines) is 1. The number of carbonyl (C=O) groups excluding carboxylic acids is 2. The van der Waals surface area contributed by atoms with Gasteiger partial charge in [-0.1, -0.05) is 12.6 Å². The van der Waals surface area contributed by atoms with E-state index in [0.29, 0.717) is 29.1 Å². The second kappa shape index (κ2) is 9.81. The minimum atomic E-state index is -0.612. The second-order valence-electron chi connectivity index (χ2n) is 8.99. The van der Waals surface area contributed by atoms with Crippen LogP contribution in [0, 0.1) is 5.82 Å². The quantitative estimate of drug-likeness (QED) is 0.382. The van der Waals surface area contributed by atoms with Gasteiger partial charge in [0.15, 0.2) is 5.78 Å². The number of benzene rings is 1. The molecule has 1 amide bonds. The third-order valence-electron chi connectivity index (χ3n) is 6.57. The fourth-order valence-corrected chi connectivity index (χ4v) is 4.68. The number of carbonyl (C=O) groups is 2. The number of nitrogens with one attached hydrogen (secondary N) is 1. The van der Waals surface area contributed by atoms with Crippen molar-refractivity contribution in [1.29, 1.82) is 0 Å². The first kappa shape index (κ1) is 24.1. The van der Waals surface area contributed by atoms with Gasteiger partial charge in [0.1, 0.15) is 23.1 Å². The molecule has 5 rings (SSSR count). The molecule has 1 aliphatic heterocycles. The van der Waals surface area contributed by atoms with Gasteiger partial charge < -0.3 is 16.0 Å². The Balaban J connectivity index is 1.51. The highest BCUT2D eigenvalue weighted by Crippen LogP contribution is 2.36. The van der Waals surface area contributed by atoms with Crippen LogP contribution >= 0.6 is 0 Å². The molecule has 0 saturated carbocycles. The summed E-state index contributed by atoms with van der Waals surface area (Å²) in [7, 11) is 0. The molecular weight excluding hydrogens is 473 g/mol. The molecule has 3 N–H and O–H groups in total. The molecule has 1 saturated heterocycles. The second-order valence-corrected chi connectivity index (χ2v) is 8.99. The average molecular weight is 500 g/mol. The van der Waals surface area contributed by atoms with E-state index in [2.05, 4.69) is 21.9 Å². The molecule has 188 valence electrons. The highest BCUT2D eigenvalue weighted by molar-refractivity contribution is 6.05. The SMILES string of the molecule is C=C(C(C)=O)N1CCC[C@@H](n2nc(-c3ccc(C(=O)Nc4ccccn4)cc3F)c3c(N)nccc32)C1. The van der Waals surface area contributed by atoms with E-state index in [9.17, 15) is 9.59 Å². The summed E-state index contributed by atoms with van der Waals surface area (Å²) in [6.45, 7) is 6.71. The van der Waals surface area contributed by atoms with Crippen molar-refractivity contribution < 1.29 is 14.0 Å². The Hall–Kier alpha value is -4.60. The Morgan fingerprint density at radius 3 is 2.73 bits per heavy atom. The van der Waals surface area contributed by atoms with Crippen molar-refractivity contribution in [2.45, 2.75) is 25.8 Å². The maximum Gasteiger partial charge on any atom is 0.256 e. The van der Waals surface area contributed by atoms with Gasteiger partial charge in [0.25, 0.3) is 5.91 Å². The summed E-state index contributed by atoms with van der Waals surface area (Å²) >= 11 is 0. The summed E-state index contributed by atoms with van der Waals surface area (Å²) in [5.74, 6) is -0.563. The molecule has 0 spiro atoms. The summed E-state index contributed by atoms with van der Waals surface area (Å²) in [5.41, 5.74) is 8.12. The molecule has 1 fully saturated rings. The van der Waals surface area contributed by atoms with Crippen LogP contribution in [0.2, 0.25) is 0 Å². The number of nitrogens with two attached hydrogens (primary N) is 1. The van der Waals surface area contributed by atoms with Gasteiger partial charge in [-0.25, -0.2) is 14.4 Å². The topological polar surface area (TPSA) is 119 Å². The van der Waals surface area contributed by atoms with Crippen molar-refractivity contribution in [3.8, 4) is 11.3 Å². The summed E-state index contributed by atoms with van der Waals surface area (Å²) in [5, 5.41) is 7.98. The zero-order chi connectivity index (χ0) is 26.1. The van der Waals surface area contributed by atoms with Crippen molar-refractivity contribution in [3.05, 3.63) is 78.5 Å². The predicted molar refractivity (Wildman–Crippen MR) is 139 cm³/mol. The van der Waals surface area contributed by atoms with Crippen LogP contribution in [0.4, 0.5) is 16.0 Å². The Morgan fingerprint density at radius 1 is 1.16 bits per heavy atom. The van der Waals surface area contributed by atoms with Crippen LogP contribution in [-0.4, -0.2) is 49.4 Å². The smallest absolute Gasteiger partial charge is 0.256 e. The van der Waals surface area contributed by atoms with Gasteiger partial charge in [-0.05, 0) is 49.2 Å². The van der Waals surface area contributed by atoms with E-state index in [1.54, 1.807) is 36.7 Å². The van der Waals surface area contributed by atoms with Crippen LogP contribution in [0.1, 0.15) is 36.2 Å². The van der Waals surface area contributed by atoms with Crippen molar-refractivity contribution in [1.82, 2.24) is 24.6 Å². The number of rotatable bonds is 6. The first-order valence-corrected chi connectivity index (χ1v) is 11.9. The van der Waals surface area contributed by atoms with Gasteiger partial charge in [0.05, 0.1) is 22.6 Å². The number of ketones is 1. The predicted octanol–water partition coefficient (Wildman–Crippen LogP) is 4.21. The van der Waals surface area contributed by atoms with Crippen molar-refractivity contribution in [2.24, 2.45) is 0 Å². The average Bonchev–Trinajstić information content (AvgIpc) is 3.29. The molecule has 1 aliphatic rings. The van der Waals surface area contributed by atoms with Crippen LogP contribution in [0.3, 0.4) is 0 Å². The number of fused-ring (bicyclic) bond motifs is 1. The van der Waals surface area contributed by atoms with E-state index < -0.39 is 11.7 Å². The summed E-state index contributed by atoms with van der Waals surface area (Å²) in [4.78, 5) is 34.7. The number of Topliss-reactive ketones (excluding diaryl/α,β-unsaturated/α-hetero) is 1. The highest BCUT2D eigenvalue weighted by atomic mass is 19.1. The third kappa shape index (κ3) is 4.65. The first-order valence-electron chi connectivity index (χ1n) is 11.9. The van der Waals surface area contributed by atoms with Gasteiger partial charge in [0, 0.05) is 43.5 Å². The van der Waals surface area contributed by atoms with Crippen LogP contribution in [-0.2, 0) is 4.79 Å². The molecule has 9 nitrogen and oxygen atoms in total. The van der Waals surface area contributed by atoms with Crippen LogP contribution in [0.25, 0.3) is 22.2 Å². The number of amides is 1. The number of hydrogen-bond acceptors (Lipinski definition) is 7. The van der Waals surface area contributed by atoms with E-state index in [-0.39, 0.29) is 28.8 Å². The lowest BCUT2D eigenvalue weighted by molar-refractivity contribution is -0.115. The van der Waals surface area contributed by atoms with E-state index in [1.807, 2.05) is 9.58 Å². The van der Waals surface area contributed by atoms with E-state index in [4.69, 9.17) is 10.8 Å². The summed E-state index contributed by atoms with van der Waals surface area (Å²) in [6.07, 6.45) is 4.83. The van der Waals surface area contributed by atoms with E-state index in [1.165, 1.54) is 25.1 Å². The summed E-state index contributed by atoms with van der Waals surface area (Å²) < 4.78 is 17.3. The Bertz CT molecular complexity index is 1520. The fourth-order valence-electron chi connectivity index (χ4n) is 4.68.